The minimum Gasteiger partial charge on any atom is -0.295 e. The van der Waals surface area contributed by atoms with E-state index in [0.717, 1.165) is 0 Å². The highest BCUT2D eigenvalue weighted by Crippen LogP contribution is 2.15. The smallest absolute Gasteiger partial charge is 0.270 e. The van der Waals surface area contributed by atoms with E-state index in [1.807, 2.05) is 6.92 Å². The second-order valence-corrected chi connectivity index (χ2v) is 5.29. The Balaban J connectivity index is 2.41. The summed E-state index contributed by atoms with van der Waals surface area (Å²) in [5.41, 5.74) is 0.908. The molecule has 0 aromatic carbocycles. The molecule has 1 saturated heterocycles. The molecule has 7 heteroatoms. The van der Waals surface area contributed by atoms with Crippen molar-refractivity contribution in [2.24, 2.45) is 0 Å². The first kappa shape index (κ1) is 17.2. The fraction of sp³-hybridized carbons (Fsp3) is 0.294. The van der Waals surface area contributed by atoms with Gasteiger partial charge in [-0.2, -0.15) is 9.89 Å². The van der Waals surface area contributed by atoms with Crippen LogP contribution in [0, 0.1) is 12.3 Å². The minimum atomic E-state index is -0.838. The van der Waals surface area contributed by atoms with E-state index in [1.54, 1.807) is 25.2 Å². The number of carbonyl (C=O) groups excluding carboxylic acids is 3. The number of terminal acetylenes is 1. The van der Waals surface area contributed by atoms with Crippen molar-refractivity contribution in [2.75, 3.05) is 5.01 Å². The summed E-state index contributed by atoms with van der Waals surface area (Å²) in [6.07, 6.45) is 13.8. The molecule has 7 nitrogen and oxygen atoms in total. The van der Waals surface area contributed by atoms with Gasteiger partial charge in [-0.05, 0) is 20.3 Å². The van der Waals surface area contributed by atoms with Gasteiger partial charge in [0.05, 0.1) is 18.0 Å². The monoisotopic (exact) mass is 326 g/mol. The normalized spacial score (nSPS) is 18.4. The number of amides is 3. The van der Waals surface area contributed by atoms with Gasteiger partial charge in [0, 0.05) is 12.0 Å². The number of nitrogens with one attached hydrogen (secondary N) is 1. The van der Waals surface area contributed by atoms with Gasteiger partial charge in [-0.1, -0.05) is 24.1 Å². The molecule has 1 aromatic heterocycles. The molecule has 3 amide bonds. The second-order valence-electron chi connectivity index (χ2n) is 5.29. The molecular formula is C17H18N4O3. The van der Waals surface area contributed by atoms with Crippen molar-refractivity contribution in [3.05, 3.63) is 41.8 Å². The highest BCUT2D eigenvalue weighted by molar-refractivity contribution is 6.08. The molecule has 0 spiro atoms. The van der Waals surface area contributed by atoms with Crippen LogP contribution in [0.4, 0.5) is 0 Å². The lowest BCUT2D eigenvalue weighted by molar-refractivity contribution is -0.136. The standard InChI is InChI=1S/C17H18N4O3/c1-4-6-7-12(3)17(24)21(20-11-13(5-2)10-18-20)14-8-9-15(22)19-16(14)23/h2,4,6-7,10-11,14H,8-9H2,1,3H3,(H,19,22,23)/b6-4-,12-7+. The van der Waals surface area contributed by atoms with Crippen molar-refractivity contribution in [3.63, 3.8) is 0 Å². The summed E-state index contributed by atoms with van der Waals surface area (Å²) in [6.45, 7) is 3.48. The molecule has 124 valence electrons. The molecule has 1 atom stereocenters. The predicted octanol–water partition coefficient (Wildman–Crippen LogP) is 0.657. The number of allylic oxidation sites excluding steroid dienone is 3. The average molecular weight is 326 g/mol. The van der Waals surface area contributed by atoms with Crippen molar-refractivity contribution in [1.82, 2.24) is 15.2 Å². The summed E-state index contributed by atoms with van der Waals surface area (Å²) in [5, 5.41) is 7.54. The van der Waals surface area contributed by atoms with Gasteiger partial charge >= 0.3 is 0 Å². The first-order valence-electron chi connectivity index (χ1n) is 7.46. The summed E-state index contributed by atoms with van der Waals surface area (Å²) >= 11 is 0. The van der Waals surface area contributed by atoms with Gasteiger partial charge in [0.2, 0.25) is 5.91 Å². The summed E-state index contributed by atoms with van der Waals surface area (Å²) < 4.78 is 0. The van der Waals surface area contributed by atoms with E-state index < -0.39 is 17.9 Å². The van der Waals surface area contributed by atoms with Crippen LogP contribution in [0.25, 0.3) is 0 Å². The molecule has 2 rings (SSSR count). The Morgan fingerprint density at radius 1 is 1.54 bits per heavy atom. The summed E-state index contributed by atoms with van der Waals surface area (Å²) in [6, 6.07) is -0.838. The van der Waals surface area contributed by atoms with E-state index in [1.165, 1.54) is 22.2 Å². The average Bonchev–Trinajstić information content (AvgIpc) is 3.03. The van der Waals surface area contributed by atoms with Crippen LogP contribution in [-0.2, 0) is 14.4 Å². The zero-order chi connectivity index (χ0) is 17.7. The number of nitrogens with zero attached hydrogens (tertiary/aromatic N) is 3. The maximum atomic E-state index is 12.8. The Morgan fingerprint density at radius 2 is 2.29 bits per heavy atom. The third kappa shape index (κ3) is 3.60. The van der Waals surface area contributed by atoms with Crippen LogP contribution in [0.1, 0.15) is 32.3 Å². The maximum Gasteiger partial charge on any atom is 0.270 e. The quantitative estimate of drug-likeness (QED) is 0.381. The molecule has 1 unspecified atom stereocenters. The van der Waals surface area contributed by atoms with Crippen LogP contribution in [0.5, 0.6) is 0 Å². The molecular weight excluding hydrogens is 308 g/mol. The molecule has 0 radical (unpaired) electrons. The summed E-state index contributed by atoms with van der Waals surface area (Å²) in [7, 11) is 0. The van der Waals surface area contributed by atoms with Crippen LogP contribution in [-0.4, -0.2) is 33.7 Å². The van der Waals surface area contributed by atoms with Gasteiger partial charge in [0.15, 0.2) is 0 Å². The number of piperidine rings is 1. The Bertz CT molecular complexity index is 767. The van der Waals surface area contributed by atoms with Gasteiger partial charge in [-0.25, -0.2) is 5.01 Å². The highest BCUT2D eigenvalue weighted by atomic mass is 16.2. The van der Waals surface area contributed by atoms with Gasteiger partial charge < -0.3 is 0 Å². The maximum absolute atomic E-state index is 12.8. The highest BCUT2D eigenvalue weighted by Gasteiger charge is 2.36. The first-order chi connectivity index (χ1) is 11.5. The Morgan fingerprint density at radius 3 is 2.88 bits per heavy atom. The molecule has 1 N–H and O–H groups in total. The lowest BCUT2D eigenvalue weighted by atomic mass is 10.0. The number of rotatable bonds is 4. The fourth-order valence-corrected chi connectivity index (χ4v) is 2.29. The van der Waals surface area contributed by atoms with Crippen molar-refractivity contribution >= 4 is 17.7 Å². The number of aromatic nitrogens is 2. The molecule has 1 fully saturated rings. The molecule has 1 aromatic rings. The summed E-state index contributed by atoms with van der Waals surface area (Å²) in [5.74, 6) is 1.15. The molecule has 2 heterocycles. The first-order valence-corrected chi connectivity index (χ1v) is 7.46. The van der Waals surface area contributed by atoms with Crippen LogP contribution in [0.15, 0.2) is 36.2 Å². The van der Waals surface area contributed by atoms with Crippen molar-refractivity contribution < 1.29 is 14.4 Å². The molecule has 1 aliphatic heterocycles. The zero-order valence-corrected chi connectivity index (χ0v) is 13.5. The van der Waals surface area contributed by atoms with Crippen LogP contribution in [0.2, 0.25) is 0 Å². The number of hydrogen-bond donors (Lipinski definition) is 1. The third-order valence-electron chi connectivity index (χ3n) is 3.55. The van der Waals surface area contributed by atoms with Gasteiger partial charge in [0.25, 0.3) is 11.8 Å². The second kappa shape index (κ2) is 7.42. The van der Waals surface area contributed by atoms with E-state index in [-0.39, 0.29) is 18.7 Å². The summed E-state index contributed by atoms with van der Waals surface area (Å²) in [4.78, 5) is 37.6. The van der Waals surface area contributed by atoms with Crippen molar-refractivity contribution in [1.29, 1.82) is 0 Å². The topological polar surface area (TPSA) is 84.3 Å². The Hall–Kier alpha value is -3.14. The van der Waals surface area contributed by atoms with Gasteiger partial charge in [-0.3, -0.25) is 19.7 Å². The Kier molecular flexibility index (Phi) is 5.32. The van der Waals surface area contributed by atoms with E-state index in [2.05, 4.69) is 16.3 Å². The molecule has 24 heavy (non-hydrogen) atoms. The van der Waals surface area contributed by atoms with Gasteiger partial charge in [0.1, 0.15) is 6.04 Å². The molecule has 1 aliphatic rings. The van der Waals surface area contributed by atoms with E-state index in [4.69, 9.17) is 6.42 Å². The largest absolute Gasteiger partial charge is 0.295 e. The zero-order valence-electron chi connectivity index (χ0n) is 13.5. The molecule has 0 aliphatic carbocycles. The molecule has 0 bridgehead atoms. The fourth-order valence-electron chi connectivity index (χ4n) is 2.29. The van der Waals surface area contributed by atoms with Crippen LogP contribution in [0.3, 0.4) is 0 Å². The lowest BCUT2D eigenvalue weighted by Gasteiger charge is -2.32. The van der Waals surface area contributed by atoms with E-state index >= 15 is 0 Å². The SMILES string of the molecule is C#Cc1cnn(N(C(=O)/C(C)=C/C=C\C)C2CCC(=O)NC2=O)c1. The number of carbonyl (C=O) groups is 3. The number of hydrogen-bond acceptors (Lipinski definition) is 4. The van der Waals surface area contributed by atoms with Crippen molar-refractivity contribution in [3.8, 4) is 12.3 Å². The lowest BCUT2D eigenvalue weighted by Crippen LogP contribution is -2.59. The Labute approximate surface area is 140 Å². The van der Waals surface area contributed by atoms with Crippen molar-refractivity contribution in [2.45, 2.75) is 32.7 Å². The molecule has 0 saturated carbocycles. The van der Waals surface area contributed by atoms with Crippen LogP contribution < -0.4 is 10.3 Å². The van der Waals surface area contributed by atoms with Crippen LogP contribution >= 0.6 is 0 Å². The van der Waals surface area contributed by atoms with E-state index in [0.29, 0.717) is 11.1 Å². The minimum absolute atomic E-state index is 0.154. The third-order valence-corrected chi connectivity index (χ3v) is 3.55. The van der Waals surface area contributed by atoms with Gasteiger partial charge in [-0.15, -0.1) is 6.42 Å². The number of imide groups is 1. The van der Waals surface area contributed by atoms with E-state index in [9.17, 15) is 14.4 Å². The predicted molar refractivity (Wildman–Crippen MR) is 88.1 cm³/mol.